The van der Waals surface area contributed by atoms with Gasteiger partial charge >= 0.3 is 0 Å². The van der Waals surface area contributed by atoms with Crippen molar-refractivity contribution in [1.82, 2.24) is 10.2 Å². The van der Waals surface area contributed by atoms with Crippen molar-refractivity contribution in [2.24, 2.45) is 5.92 Å². The lowest BCUT2D eigenvalue weighted by Crippen LogP contribution is -2.48. The highest BCUT2D eigenvalue weighted by atomic mass is 15.1. The van der Waals surface area contributed by atoms with Crippen molar-refractivity contribution in [3.63, 3.8) is 0 Å². The molecule has 90 valence electrons. The van der Waals surface area contributed by atoms with Crippen molar-refractivity contribution in [3.05, 3.63) is 0 Å². The summed E-state index contributed by atoms with van der Waals surface area (Å²) in [5.74, 6) is 0.866. The van der Waals surface area contributed by atoms with Crippen LogP contribution in [0, 0.1) is 5.92 Å². The molecule has 1 N–H and O–H groups in total. The van der Waals surface area contributed by atoms with E-state index >= 15 is 0 Å². The van der Waals surface area contributed by atoms with Gasteiger partial charge in [-0.25, -0.2) is 0 Å². The molecule has 1 fully saturated rings. The van der Waals surface area contributed by atoms with Crippen molar-refractivity contribution >= 4 is 0 Å². The van der Waals surface area contributed by atoms with Crippen LogP contribution < -0.4 is 5.32 Å². The average molecular weight is 212 g/mol. The molecule has 0 amide bonds. The average Bonchev–Trinajstić information content (AvgIpc) is 2.29. The van der Waals surface area contributed by atoms with Crippen molar-refractivity contribution < 1.29 is 0 Å². The Kier molecular flexibility index (Phi) is 6.26. The number of rotatable bonds is 6. The molecular weight excluding hydrogens is 184 g/mol. The highest BCUT2D eigenvalue weighted by molar-refractivity contribution is 4.83. The third-order valence-electron chi connectivity index (χ3n) is 3.79. The SMILES string of the molecule is CCCCCN1CCC(NC)C(CC)C1. The van der Waals surface area contributed by atoms with E-state index in [1.807, 2.05) is 0 Å². The van der Waals surface area contributed by atoms with E-state index in [1.54, 1.807) is 0 Å². The van der Waals surface area contributed by atoms with Crippen LogP contribution in [0.1, 0.15) is 46.0 Å². The van der Waals surface area contributed by atoms with E-state index < -0.39 is 0 Å². The van der Waals surface area contributed by atoms with Crippen LogP contribution in [0.25, 0.3) is 0 Å². The third-order valence-corrected chi connectivity index (χ3v) is 3.79. The normalized spacial score (nSPS) is 28.2. The molecule has 2 unspecified atom stereocenters. The fraction of sp³-hybridized carbons (Fsp3) is 1.00. The standard InChI is InChI=1S/C13H28N2/c1-4-6-7-9-15-10-8-13(14-3)12(5-2)11-15/h12-14H,4-11H2,1-3H3. The zero-order valence-corrected chi connectivity index (χ0v) is 10.8. The molecule has 0 aromatic carbocycles. The second-order valence-electron chi connectivity index (χ2n) is 4.86. The summed E-state index contributed by atoms with van der Waals surface area (Å²) in [5, 5.41) is 3.47. The molecule has 1 aliphatic rings. The van der Waals surface area contributed by atoms with E-state index in [9.17, 15) is 0 Å². The van der Waals surface area contributed by atoms with Crippen LogP contribution in [-0.2, 0) is 0 Å². The van der Waals surface area contributed by atoms with E-state index in [1.165, 1.54) is 51.7 Å². The lowest BCUT2D eigenvalue weighted by atomic mass is 9.90. The fourth-order valence-corrected chi connectivity index (χ4v) is 2.69. The van der Waals surface area contributed by atoms with Crippen LogP contribution >= 0.6 is 0 Å². The zero-order valence-electron chi connectivity index (χ0n) is 10.8. The Bertz CT molecular complexity index is 157. The van der Waals surface area contributed by atoms with E-state index in [-0.39, 0.29) is 0 Å². The minimum absolute atomic E-state index is 0.762. The maximum Gasteiger partial charge on any atom is 0.0117 e. The number of piperidine rings is 1. The van der Waals surface area contributed by atoms with Crippen LogP contribution in [0.15, 0.2) is 0 Å². The van der Waals surface area contributed by atoms with Crippen LogP contribution in [-0.4, -0.2) is 37.6 Å². The summed E-state index contributed by atoms with van der Waals surface area (Å²) in [6, 6.07) is 0.762. The molecule has 1 saturated heterocycles. The summed E-state index contributed by atoms with van der Waals surface area (Å²) in [4.78, 5) is 2.66. The van der Waals surface area contributed by atoms with Gasteiger partial charge in [0.05, 0.1) is 0 Å². The number of nitrogens with zero attached hydrogens (tertiary/aromatic N) is 1. The molecule has 0 aromatic heterocycles. The van der Waals surface area contributed by atoms with E-state index in [2.05, 4.69) is 31.1 Å². The summed E-state index contributed by atoms with van der Waals surface area (Å²) in [6.45, 7) is 8.53. The Morgan fingerprint density at radius 3 is 2.67 bits per heavy atom. The smallest absolute Gasteiger partial charge is 0.0117 e. The lowest BCUT2D eigenvalue weighted by molar-refractivity contribution is 0.137. The fourth-order valence-electron chi connectivity index (χ4n) is 2.69. The van der Waals surface area contributed by atoms with Crippen LogP contribution in [0.5, 0.6) is 0 Å². The van der Waals surface area contributed by atoms with Gasteiger partial charge in [0.15, 0.2) is 0 Å². The molecule has 0 radical (unpaired) electrons. The van der Waals surface area contributed by atoms with Gasteiger partial charge in [-0.05, 0) is 38.9 Å². The second kappa shape index (κ2) is 7.24. The maximum atomic E-state index is 3.47. The highest BCUT2D eigenvalue weighted by Crippen LogP contribution is 2.20. The Hall–Kier alpha value is -0.0800. The summed E-state index contributed by atoms with van der Waals surface area (Å²) in [7, 11) is 2.11. The molecule has 15 heavy (non-hydrogen) atoms. The number of unbranched alkanes of at least 4 members (excludes halogenated alkanes) is 2. The molecule has 0 aliphatic carbocycles. The Balaban J connectivity index is 2.26. The van der Waals surface area contributed by atoms with Crippen molar-refractivity contribution in [1.29, 1.82) is 0 Å². The van der Waals surface area contributed by atoms with Crippen molar-refractivity contribution in [2.45, 2.75) is 52.0 Å². The molecule has 2 heteroatoms. The molecule has 0 bridgehead atoms. The monoisotopic (exact) mass is 212 g/mol. The van der Waals surface area contributed by atoms with Gasteiger partial charge in [-0.2, -0.15) is 0 Å². The summed E-state index contributed by atoms with van der Waals surface area (Å²) >= 11 is 0. The summed E-state index contributed by atoms with van der Waals surface area (Å²) in [5.41, 5.74) is 0. The summed E-state index contributed by atoms with van der Waals surface area (Å²) in [6.07, 6.45) is 6.76. The van der Waals surface area contributed by atoms with E-state index in [0.717, 1.165) is 12.0 Å². The zero-order chi connectivity index (χ0) is 11.1. The summed E-state index contributed by atoms with van der Waals surface area (Å²) < 4.78 is 0. The van der Waals surface area contributed by atoms with Gasteiger partial charge in [-0.3, -0.25) is 0 Å². The van der Waals surface area contributed by atoms with Gasteiger partial charge in [0.25, 0.3) is 0 Å². The minimum atomic E-state index is 0.762. The predicted octanol–water partition coefficient (Wildman–Crippen LogP) is 2.50. The molecule has 0 saturated carbocycles. The Morgan fingerprint density at radius 2 is 2.07 bits per heavy atom. The van der Waals surface area contributed by atoms with E-state index in [0.29, 0.717) is 0 Å². The Labute approximate surface area is 95.4 Å². The predicted molar refractivity (Wildman–Crippen MR) is 67.2 cm³/mol. The van der Waals surface area contributed by atoms with Crippen LogP contribution in [0.4, 0.5) is 0 Å². The van der Waals surface area contributed by atoms with Crippen LogP contribution in [0.3, 0.4) is 0 Å². The number of hydrogen-bond acceptors (Lipinski definition) is 2. The highest BCUT2D eigenvalue weighted by Gasteiger charge is 2.26. The first-order chi connectivity index (χ1) is 7.31. The molecule has 2 nitrogen and oxygen atoms in total. The van der Waals surface area contributed by atoms with Crippen molar-refractivity contribution in [2.75, 3.05) is 26.7 Å². The lowest BCUT2D eigenvalue weighted by Gasteiger charge is -2.38. The molecule has 0 spiro atoms. The largest absolute Gasteiger partial charge is 0.317 e. The van der Waals surface area contributed by atoms with E-state index in [4.69, 9.17) is 0 Å². The Morgan fingerprint density at radius 1 is 1.27 bits per heavy atom. The maximum absolute atomic E-state index is 3.47. The van der Waals surface area contributed by atoms with Gasteiger partial charge in [0.1, 0.15) is 0 Å². The van der Waals surface area contributed by atoms with Gasteiger partial charge in [0, 0.05) is 12.6 Å². The van der Waals surface area contributed by atoms with Gasteiger partial charge < -0.3 is 10.2 Å². The molecule has 0 aromatic rings. The van der Waals surface area contributed by atoms with Gasteiger partial charge in [0.2, 0.25) is 0 Å². The quantitative estimate of drug-likeness (QED) is 0.681. The molecule has 2 atom stereocenters. The molecular formula is C13H28N2. The van der Waals surface area contributed by atoms with Crippen LogP contribution in [0.2, 0.25) is 0 Å². The second-order valence-corrected chi connectivity index (χ2v) is 4.86. The third kappa shape index (κ3) is 4.12. The minimum Gasteiger partial charge on any atom is -0.317 e. The molecule has 1 rings (SSSR count). The topological polar surface area (TPSA) is 15.3 Å². The first kappa shape index (κ1) is 13.0. The number of likely N-dealkylation sites (tertiary alicyclic amines) is 1. The number of nitrogens with one attached hydrogen (secondary N) is 1. The number of hydrogen-bond donors (Lipinski definition) is 1. The van der Waals surface area contributed by atoms with Gasteiger partial charge in [-0.1, -0.05) is 33.1 Å². The molecule has 1 aliphatic heterocycles. The first-order valence-electron chi connectivity index (χ1n) is 6.71. The van der Waals surface area contributed by atoms with Crippen molar-refractivity contribution in [3.8, 4) is 0 Å². The molecule has 1 heterocycles. The first-order valence-corrected chi connectivity index (χ1v) is 6.71. The van der Waals surface area contributed by atoms with Gasteiger partial charge in [-0.15, -0.1) is 0 Å².